The van der Waals surface area contributed by atoms with Crippen LogP contribution in [0.2, 0.25) is 0 Å². The third-order valence-corrected chi connectivity index (χ3v) is 6.64. The summed E-state index contributed by atoms with van der Waals surface area (Å²) < 4.78 is 56.7. The number of hydrogen-bond donors (Lipinski definition) is 0. The van der Waals surface area contributed by atoms with Gasteiger partial charge in [-0.15, -0.1) is 10.2 Å². The van der Waals surface area contributed by atoms with Gasteiger partial charge in [0, 0.05) is 5.56 Å². The minimum Gasteiger partial charge on any atom is -0.497 e. The zero-order chi connectivity index (χ0) is 26.4. The van der Waals surface area contributed by atoms with Crippen LogP contribution in [-0.4, -0.2) is 39.1 Å². The summed E-state index contributed by atoms with van der Waals surface area (Å²) in [6.45, 7) is 0.242. The Morgan fingerprint density at radius 1 is 0.838 bits per heavy atom. The number of benzene rings is 3. The molecular weight excluding hydrogens is 497 g/mol. The first-order chi connectivity index (χ1) is 17.8. The Balaban J connectivity index is 1.65. The van der Waals surface area contributed by atoms with Crippen LogP contribution in [0.5, 0.6) is 17.4 Å². The molecule has 0 aliphatic rings. The van der Waals surface area contributed by atoms with Crippen molar-refractivity contribution >= 4 is 15.7 Å². The molecule has 4 rings (SSSR count). The van der Waals surface area contributed by atoms with E-state index in [1.807, 2.05) is 6.07 Å². The molecule has 192 valence electrons. The molecule has 3 aromatic carbocycles. The van der Waals surface area contributed by atoms with Gasteiger partial charge in [0.2, 0.25) is 10.0 Å². The largest absolute Gasteiger partial charge is 0.497 e. The fraction of sp³-hybridized carbons (Fsp3) is 0.185. The van der Waals surface area contributed by atoms with Gasteiger partial charge in [-0.2, -0.15) is 0 Å². The quantitative estimate of drug-likeness (QED) is 0.294. The van der Waals surface area contributed by atoms with Gasteiger partial charge in [0.1, 0.15) is 29.6 Å². The number of nitrogens with zero attached hydrogens (tertiary/aromatic N) is 3. The van der Waals surface area contributed by atoms with Crippen LogP contribution in [0.25, 0.3) is 11.3 Å². The summed E-state index contributed by atoms with van der Waals surface area (Å²) in [6.07, 6.45) is 1.12. The van der Waals surface area contributed by atoms with Crippen molar-refractivity contribution in [3.63, 3.8) is 0 Å². The van der Waals surface area contributed by atoms with Crippen molar-refractivity contribution in [1.82, 2.24) is 10.2 Å². The van der Waals surface area contributed by atoms with E-state index in [0.717, 1.165) is 11.8 Å². The number of aromatic nitrogens is 2. The van der Waals surface area contributed by atoms with Gasteiger partial charge in [-0.25, -0.2) is 12.8 Å². The Bertz CT molecular complexity index is 1480. The first-order valence-electron chi connectivity index (χ1n) is 11.3. The minimum absolute atomic E-state index is 0.0567. The Morgan fingerprint density at radius 2 is 1.59 bits per heavy atom. The van der Waals surface area contributed by atoms with Gasteiger partial charge in [0.15, 0.2) is 0 Å². The van der Waals surface area contributed by atoms with E-state index in [1.165, 1.54) is 23.5 Å². The topological polar surface area (TPSA) is 90.8 Å². The molecule has 0 fully saturated rings. The summed E-state index contributed by atoms with van der Waals surface area (Å²) >= 11 is 0. The SMILES string of the molecule is COc1ccc(CN(c2cc(-c3cccc(OCc4cccc(F)c4)c3)nnc2OC)S(C)(=O)=O)cc1. The molecule has 0 aliphatic heterocycles. The van der Waals surface area contributed by atoms with Crippen LogP contribution >= 0.6 is 0 Å². The minimum atomic E-state index is -3.72. The van der Waals surface area contributed by atoms with E-state index in [-0.39, 0.29) is 30.5 Å². The van der Waals surface area contributed by atoms with E-state index in [2.05, 4.69) is 10.2 Å². The molecule has 0 unspecified atom stereocenters. The smallest absolute Gasteiger partial charge is 0.258 e. The lowest BCUT2D eigenvalue weighted by molar-refractivity contribution is 0.305. The van der Waals surface area contributed by atoms with Crippen LogP contribution in [0.15, 0.2) is 78.9 Å². The highest BCUT2D eigenvalue weighted by Crippen LogP contribution is 2.33. The zero-order valence-electron chi connectivity index (χ0n) is 20.6. The highest BCUT2D eigenvalue weighted by Gasteiger charge is 2.24. The molecule has 0 radical (unpaired) electrons. The first kappa shape index (κ1) is 25.9. The molecule has 1 aromatic heterocycles. The summed E-state index contributed by atoms with van der Waals surface area (Å²) in [5.74, 6) is 0.945. The van der Waals surface area contributed by atoms with E-state index >= 15 is 0 Å². The van der Waals surface area contributed by atoms with E-state index in [4.69, 9.17) is 14.2 Å². The van der Waals surface area contributed by atoms with Gasteiger partial charge in [-0.3, -0.25) is 4.31 Å². The molecule has 0 spiro atoms. The standard InChI is InChI=1S/C27H26FN3O5S/c1-34-23-12-10-19(11-13-23)17-31(37(3,32)33)26-16-25(29-30-27(26)35-2)21-7-5-9-24(15-21)36-18-20-6-4-8-22(28)14-20/h4-16H,17-18H2,1-3H3. The van der Waals surface area contributed by atoms with Gasteiger partial charge >= 0.3 is 0 Å². The number of hydrogen-bond acceptors (Lipinski definition) is 7. The molecule has 4 aromatic rings. The average molecular weight is 524 g/mol. The van der Waals surface area contributed by atoms with Gasteiger partial charge in [-0.05, 0) is 53.6 Å². The van der Waals surface area contributed by atoms with Gasteiger partial charge in [0.25, 0.3) is 5.88 Å². The van der Waals surface area contributed by atoms with Gasteiger partial charge < -0.3 is 14.2 Å². The molecular formula is C27H26FN3O5S. The van der Waals surface area contributed by atoms with Crippen LogP contribution in [0.3, 0.4) is 0 Å². The second-order valence-electron chi connectivity index (χ2n) is 8.19. The van der Waals surface area contributed by atoms with E-state index < -0.39 is 10.0 Å². The Hall–Kier alpha value is -4.18. The maximum atomic E-state index is 13.5. The lowest BCUT2D eigenvalue weighted by Crippen LogP contribution is -2.30. The molecule has 0 saturated heterocycles. The summed E-state index contributed by atoms with van der Waals surface area (Å²) in [7, 11) is -0.747. The Kier molecular flexibility index (Phi) is 7.88. The van der Waals surface area contributed by atoms with Crippen LogP contribution in [-0.2, 0) is 23.2 Å². The molecule has 37 heavy (non-hydrogen) atoms. The molecule has 0 amide bonds. The van der Waals surface area contributed by atoms with Crippen molar-refractivity contribution in [3.8, 4) is 28.6 Å². The zero-order valence-corrected chi connectivity index (χ0v) is 21.4. The number of anilines is 1. The predicted molar refractivity (Wildman–Crippen MR) is 139 cm³/mol. The number of rotatable bonds is 10. The van der Waals surface area contributed by atoms with Crippen molar-refractivity contribution in [1.29, 1.82) is 0 Å². The van der Waals surface area contributed by atoms with Crippen LogP contribution in [0.1, 0.15) is 11.1 Å². The van der Waals surface area contributed by atoms with Crippen LogP contribution < -0.4 is 18.5 Å². The van der Waals surface area contributed by atoms with Gasteiger partial charge in [0.05, 0.1) is 32.7 Å². The Labute approximate surface area is 215 Å². The highest BCUT2D eigenvalue weighted by molar-refractivity contribution is 7.92. The number of sulfonamides is 1. The summed E-state index contributed by atoms with van der Waals surface area (Å²) in [5.41, 5.74) is 2.77. The monoisotopic (exact) mass is 523 g/mol. The number of ether oxygens (including phenoxy) is 3. The number of methoxy groups -OCH3 is 2. The first-order valence-corrected chi connectivity index (χ1v) is 13.1. The normalized spacial score (nSPS) is 11.1. The Morgan fingerprint density at radius 3 is 2.27 bits per heavy atom. The van der Waals surface area contributed by atoms with E-state index in [1.54, 1.807) is 67.8 Å². The van der Waals surface area contributed by atoms with Crippen molar-refractivity contribution in [2.75, 3.05) is 24.8 Å². The maximum Gasteiger partial charge on any atom is 0.258 e. The molecule has 0 aliphatic carbocycles. The highest BCUT2D eigenvalue weighted by atomic mass is 32.2. The molecule has 8 nitrogen and oxygen atoms in total. The van der Waals surface area contributed by atoms with E-state index in [9.17, 15) is 12.8 Å². The van der Waals surface area contributed by atoms with Crippen molar-refractivity contribution in [2.24, 2.45) is 0 Å². The third kappa shape index (κ3) is 6.53. The second-order valence-corrected chi connectivity index (χ2v) is 10.1. The number of halogens is 1. The second kappa shape index (κ2) is 11.3. The fourth-order valence-electron chi connectivity index (χ4n) is 3.65. The molecule has 0 atom stereocenters. The van der Waals surface area contributed by atoms with Gasteiger partial charge in [-0.1, -0.05) is 36.4 Å². The lowest BCUT2D eigenvalue weighted by Gasteiger charge is -2.24. The van der Waals surface area contributed by atoms with E-state index in [0.29, 0.717) is 28.3 Å². The average Bonchev–Trinajstić information content (AvgIpc) is 2.90. The molecule has 0 N–H and O–H groups in total. The molecule has 0 bridgehead atoms. The third-order valence-electron chi connectivity index (χ3n) is 5.51. The summed E-state index contributed by atoms with van der Waals surface area (Å²) in [5, 5.41) is 8.36. The summed E-state index contributed by atoms with van der Waals surface area (Å²) in [6, 6.07) is 22.0. The predicted octanol–water partition coefficient (Wildman–Crippen LogP) is 4.85. The molecule has 10 heteroatoms. The van der Waals surface area contributed by atoms with Crippen molar-refractivity contribution < 1.29 is 27.0 Å². The summed E-state index contributed by atoms with van der Waals surface area (Å²) in [4.78, 5) is 0. The van der Waals surface area contributed by atoms with Crippen molar-refractivity contribution in [3.05, 3.63) is 95.8 Å². The van der Waals surface area contributed by atoms with Crippen LogP contribution in [0, 0.1) is 5.82 Å². The molecule has 0 saturated carbocycles. The lowest BCUT2D eigenvalue weighted by atomic mass is 10.1. The fourth-order valence-corrected chi connectivity index (χ4v) is 4.52. The molecule has 1 heterocycles. The van der Waals surface area contributed by atoms with Crippen LogP contribution in [0.4, 0.5) is 10.1 Å². The maximum absolute atomic E-state index is 13.5. The van der Waals surface area contributed by atoms with Crippen molar-refractivity contribution in [2.45, 2.75) is 13.2 Å².